The number of nitro benzene ring substituents is 1. The van der Waals surface area contributed by atoms with Crippen LogP contribution in [0.5, 0.6) is 5.75 Å². The molecule has 0 atom stereocenters. The summed E-state index contributed by atoms with van der Waals surface area (Å²) in [7, 11) is 0. The minimum absolute atomic E-state index is 0.157. The summed E-state index contributed by atoms with van der Waals surface area (Å²) >= 11 is 5.45. The first-order valence-electron chi connectivity index (χ1n) is 3.91. The summed E-state index contributed by atoms with van der Waals surface area (Å²) in [4.78, 5) is 9.68. The van der Waals surface area contributed by atoms with Crippen LogP contribution in [0.1, 0.15) is 5.56 Å². The number of ether oxygens (including phenoxy) is 1. The fourth-order valence-electron chi connectivity index (χ4n) is 1.07. The molecule has 0 aromatic heterocycles. The van der Waals surface area contributed by atoms with Gasteiger partial charge in [0, 0.05) is 5.56 Å². The Morgan fingerprint density at radius 2 is 2.00 bits per heavy atom. The predicted octanol–water partition coefficient (Wildman–Crippen LogP) is 3.46. The van der Waals surface area contributed by atoms with E-state index in [0.29, 0.717) is 0 Å². The molecular weight excluding hydrogens is 251 g/mol. The molecule has 16 heavy (non-hydrogen) atoms. The van der Waals surface area contributed by atoms with Crippen molar-refractivity contribution in [1.82, 2.24) is 0 Å². The lowest BCUT2D eigenvalue weighted by atomic mass is 10.2. The van der Waals surface area contributed by atoms with Gasteiger partial charge in [-0.2, -0.15) is 0 Å². The fourth-order valence-corrected chi connectivity index (χ4v) is 1.39. The summed E-state index contributed by atoms with van der Waals surface area (Å²) in [5, 5.41) is 9.88. The highest BCUT2D eigenvalue weighted by atomic mass is 35.5. The van der Waals surface area contributed by atoms with Crippen molar-refractivity contribution < 1.29 is 22.8 Å². The molecular formula is C8H5ClF3NO3. The Morgan fingerprint density at radius 3 is 2.44 bits per heavy atom. The molecule has 0 N–H and O–H groups in total. The van der Waals surface area contributed by atoms with E-state index in [1.54, 1.807) is 0 Å². The molecule has 0 heterocycles. The molecule has 1 aromatic rings. The Bertz CT molecular complexity index is 433. The van der Waals surface area contributed by atoms with Crippen LogP contribution < -0.4 is 4.74 Å². The second kappa shape index (κ2) is 4.17. The van der Waals surface area contributed by atoms with Crippen molar-refractivity contribution in [2.24, 2.45) is 0 Å². The van der Waals surface area contributed by atoms with Crippen molar-refractivity contribution in [2.75, 3.05) is 0 Å². The van der Waals surface area contributed by atoms with Gasteiger partial charge >= 0.3 is 6.36 Å². The molecule has 0 spiro atoms. The number of rotatable bonds is 2. The highest BCUT2D eigenvalue weighted by molar-refractivity contribution is 6.34. The van der Waals surface area contributed by atoms with Crippen molar-refractivity contribution in [1.29, 1.82) is 0 Å². The highest BCUT2D eigenvalue weighted by Gasteiger charge is 2.34. The molecule has 1 aromatic carbocycles. The van der Waals surface area contributed by atoms with Gasteiger partial charge in [-0.3, -0.25) is 10.1 Å². The molecule has 0 aliphatic carbocycles. The third-order valence-electron chi connectivity index (χ3n) is 1.69. The number of benzene rings is 1. The molecule has 0 amide bonds. The fraction of sp³-hybridized carbons (Fsp3) is 0.250. The monoisotopic (exact) mass is 255 g/mol. The van der Waals surface area contributed by atoms with Gasteiger partial charge in [-0.25, -0.2) is 0 Å². The molecule has 8 heteroatoms. The van der Waals surface area contributed by atoms with E-state index in [1.165, 1.54) is 6.92 Å². The Kier molecular flexibility index (Phi) is 3.27. The Hall–Kier alpha value is -1.50. The topological polar surface area (TPSA) is 52.4 Å². The first kappa shape index (κ1) is 12.6. The average Bonchev–Trinajstić information content (AvgIpc) is 2.07. The largest absolute Gasteiger partial charge is 0.573 e. The van der Waals surface area contributed by atoms with E-state index >= 15 is 0 Å². The van der Waals surface area contributed by atoms with Crippen LogP contribution in [0.2, 0.25) is 5.02 Å². The van der Waals surface area contributed by atoms with Gasteiger partial charge in [-0.1, -0.05) is 11.6 Å². The Labute approximate surface area is 92.7 Å². The SMILES string of the molecule is Cc1ccc(OC(F)(F)F)c(Cl)c1[N+](=O)[O-]. The first-order valence-corrected chi connectivity index (χ1v) is 4.29. The number of halogens is 4. The summed E-state index contributed by atoms with van der Waals surface area (Å²) in [5.74, 6) is -0.786. The van der Waals surface area contributed by atoms with Gasteiger partial charge in [0.1, 0.15) is 0 Å². The third-order valence-corrected chi connectivity index (χ3v) is 2.06. The van der Waals surface area contributed by atoms with Crippen LogP contribution in [0, 0.1) is 17.0 Å². The molecule has 88 valence electrons. The lowest BCUT2D eigenvalue weighted by Crippen LogP contribution is -2.17. The number of aryl methyl sites for hydroxylation is 1. The van der Waals surface area contributed by atoms with Gasteiger partial charge in [-0.15, -0.1) is 13.2 Å². The number of hydrogen-bond donors (Lipinski definition) is 0. The molecule has 0 aliphatic heterocycles. The highest BCUT2D eigenvalue weighted by Crippen LogP contribution is 2.38. The first-order chi connectivity index (χ1) is 7.22. The zero-order valence-corrected chi connectivity index (χ0v) is 8.59. The second-order valence-corrected chi connectivity index (χ2v) is 3.23. The standard InChI is InChI=1S/C8H5ClF3NO3/c1-4-2-3-5(16-8(10,11)12)6(9)7(4)13(14)15/h2-3H,1H3. The zero-order valence-electron chi connectivity index (χ0n) is 7.84. The van der Waals surface area contributed by atoms with Crippen LogP contribution in [0.25, 0.3) is 0 Å². The minimum Gasteiger partial charge on any atom is -0.404 e. The number of nitrogens with zero attached hydrogens (tertiary/aromatic N) is 1. The van der Waals surface area contributed by atoms with Crippen LogP contribution in [0.4, 0.5) is 18.9 Å². The van der Waals surface area contributed by atoms with Crippen molar-refractivity contribution in [3.63, 3.8) is 0 Å². The summed E-state index contributed by atoms with van der Waals surface area (Å²) in [5.41, 5.74) is -0.437. The normalized spacial score (nSPS) is 11.3. The molecule has 0 fully saturated rings. The van der Waals surface area contributed by atoms with Gasteiger partial charge in [0.15, 0.2) is 10.8 Å². The molecule has 1 rings (SSSR count). The van der Waals surface area contributed by atoms with Crippen LogP contribution in [0.15, 0.2) is 12.1 Å². The van der Waals surface area contributed by atoms with Gasteiger partial charge in [-0.05, 0) is 19.1 Å². The van der Waals surface area contributed by atoms with E-state index in [2.05, 4.69) is 4.74 Å². The summed E-state index contributed by atoms with van der Waals surface area (Å²) in [6.07, 6.45) is -4.94. The van der Waals surface area contributed by atoms with Crippen LogP contribution >= 0.6 is 11.6 Å². The number of hydrogen-bond acceptors (Lipinski definition) is 3. The van der Waals surface area contributed by atoms with Crippen LogP contribution in [-0.2, 0) is 0 Å². The van der Waals surface area contributed by atoms with Gasteiger partial charge in [0.05, 0.1) is 4.92 Å². The third kappa shape index (κ3) is 2.75. The van der Waals surface area contributed by atoms with Gasteiger partial charge in [0.2, 0.25) is 0 Å². The van der Waals surface area contributed by atoms with E-state index in [0.717, 1.165) is 12.1 Å². The maximum atomic E-state index is 11.9. The van der Waals surface area contributed by atoms with Crippen molar-refractivity contribution >= 4 is 17.3 Å². The number of alkyl halides is 3. The lowest BCUT2D eigenvalue weighted by Gasteiger charge is -2.10. The summed E-state index contributed by atoms with van der Waals surface area (Å²) in [6, 6.07) is 2.06. The maximum Gasteiger partial charge on any atom is 0.573 e. The van der Waals surface area contributed by atoms with Gasteiger partial charge < -0.3 is 4.74 Å². The quantitative estimate of drug-likeness (QED) is 0.601. The Balaban J connectivity index is 3.24. The molecule has 0 saturated carbocycles. The summed E-state index contributed by atoms with van der Waals surface area (Å²) < 4.78 is 39.3. The molecule has 0 bridgehead atoms. The maximum absolute atomic E-state index is 11.9. The Morgan fingerprint density at radius 1 is 1.44 bits per heavy atom. The van der Waals surface area contributed by atoms with E-state index in [4.69, 9.17) is 11.6 Å². The van der Waals surface area contributed by atoms with E-state index < -0.39 is 27.7 Å². The molecule has 4 nitrogen and oxygen atoms in total. The molecule has 0 radical (unpaired) electrons. The second-order valence-electron chi connectivity index (χ2n) is 2.85. The molecule has 0 saturated heterocycles. The van der Waals surface area contributed by atoms with Gasteiger partial charge in [0.25, 0.3) is 5.69 Å². The van der Waals surface area contributed by atoms with Crippen molar-refractivity contribution in [3.05, 3.63) is 32.8 Å². The zero-order chi connectivity index (χ0) is 12.5. The summed E-state index contributed by atoms with van der Waals surface area (Å²) in [6.45, 7) is 1.36. The van der Waals surface area contributed by atoms with Crippen LogP contribution in [-0.4, -0.2) is 11.3 Å². The van der Waals surface area contributed by atoms with Crippen molar-refractivity contribution in [2.45, 2.75) is 13.3 Å². The van der Waals surface area contributed by atoms with E-state index in [9.17, 15) is 23.3 Å². The van der Waals surface area contributed by atoms with Crippen LogP contribution in [0.3, 0.4) is 0 Å². The smallest absolute Gasteiger partial charge is 0.404 e. The van der Waals surface area contributed by atoms with Crippen molar-refractivity contribution in [3.8, 4) is 5.75 Å². The minimum atomic E-state index is -4.94. The van der Waals surface area contributed by atoms with E-state index in [1.807, 2.05) is 0 Å². The molecule has 0 aliphatic rings. The molecule has 0 unspecified atom stereocenters. The van der Waals surface area contributed by atoms with E-state index in [-0.39, 0.29) is 5.56 Å². The predicted molar refractivity (Wildman–Crippen MR) is 49.5 cm³/mol. The number of nitro groups is 1. The lowest BCUT2D eigenvalue weighted by molar-refractivity contribution is -0.385. The average molecular weight is 256 g/mol.